The van der Waals surface area contributed by atoms with Crippen molar-refractivity contribution in [1.29, 1.82) is 0 Å². The van der Waals surface area contributed by atoms with Crippen molar-refractivity contribution in [3.8, 4) is 0 Å². The van der Waals surface area contributed by atoms with E-state index in [1.807, 2.05) is 39.8 Å². The maximum Gasteiger partial charge on any atom is 0.228 e. The predicted octanol–water partition coefficient (Wildman–Crippen LogP) is 1.74. The number of aliphatic hydroxyl groups is 1. The Labute approximate surface area is 122 Å². The lowest BCUT2D eigenvalue weighted by Gasteiger charge is -2.20. The highest BCUT2D eigenvalue weighted by atomic mass is 16.3. The molecule has 1 amide bonds. The van der Waals surface area contributed by atoms with Crippen LogP contribution in [0.2, 0.25) is 0 Å². The van der Waals surface area contributed by atoms with Crippen molar-refractivity contribution in [2.45, 2.75) is 34.1 Å². The van der Waals surface area contributed by atoms with E-state index < -0.39 is 0 Å². The minimum atomic E-state index is 0.0635. The van der Waals surface area contributed by atoms with Gasteiger partial charge < -0.3 is 15.3 Å². The van der Waals surface area contributed by atoms with Crippen LogP contribution in [0.1, 0.15) is 32.9 Å². The first-order valence-corrected chi connectivity index (χ1v) is 7.23. The number of pyridine rings is 1. The van der Waals surface area contributed by atoms with Crippen LogP contribution in [0.25, 0.3) is 0 Å². The molecule has 20 heavy (non-hydrogen) atoms. The summed E-state index contributed by atoms with van der Waals surface area (Å²) in [5.74, 6) is 0.0635. The lowest BCUT2D eigenvalue weighted by molar-refractivity contribution is -0.118. The maximum atomic E-state index is 12.0. The topological polar surface area (TPSA) is 65.5 Å². The van der Waals surface area contributed by atoms with E-state index in [1.165, 1.54) is 0 Å². The highest BCUT2D eigenvalue weighted by molar-refractivity contribution is 5.93. The highest BCUT2D eigenvalue weighted by Crippen LogP contribution is 2.13. The fourth-order valence-corrected chi connectivity index (χ4v) is 1.66. The van der Waals surface area contributed by atoms with E-state index in [-0.39, 0.29) is 12.5 Å². The molecule has 1 aromatic heterocycles. The number of nitrogens with one attached hydrogen (secondary N) is 1. The number of anilines is 1. The SMILES string of the molecule is CC.CCN(C(=O)CCNCCO)c1ccc(C)nc1. The van der Waals surface area contributed by atoms with Crippen molar-refractivity contribution in [2.75, 3.05) is 31.1 Å². The summed E-state index contributed by atoms with van der Waals surface area (Å²) in [4.78, 5) is 17.9. The van der Waals surface area contributed by atoms with Gasteiger partial charge in [0.15, 0.2) is 0 Å². The number of aliphatic hydroxyl groups excluding tert-OH is 1. The molecule has 0 spiro atoms. The van der Waals surface area contributed by atoms with Crippen LogP contribution in [0.3, 0.4) is 0 Å². The zero-order chi connectivity index (χ0) is 15.4. The third-order valence-corrected chi connectivity index (χ3v) is 2.63. The van der Waals surface area contributed by atoms with Crippen LogP contribution in [-0.4, -0.2) is 42.2 Å². The Morgan fingerprint density at radius 1 is 1.35 bits per heavy atom. The molecule has 0 atom stereocenters. The fourth-order valence-electron chi connectivity index (χ4n) is 1.66. The van der Waals surface area contributed by atoms with Gasteiger partial charge in [-0.3, -0.25) is 9.78 Å². The monoisotopic (exact) mass is 281 g/mol. The molecule has 5 heteroatoms. The molecule has 0 unspecified atom stereocenters. The second-order valence-corrected chi connectivity index (χ2v) is 4.02. The molecule has 0 aliphatic rings. The van der Waals surface area contributed by atoms with Crippen molar-refractivity contribution in [1.82, 2.24) is 10.3 Å². The molecule has 0 fully saturated rings. The van der Waals surface area contributed by atoms with E-state index in [2.05, 4.69) is 10.3 Å². The fraction of sp³-hybridized carbons (Fsp3) is 0.600. The molecule has 0 saturated carbocycles. The molecule has 0 aromatic carbocycles. The largest absolute Gasteiger partial charge is 0.395 e. The maximum absolute atomic E-state index is 12.0. The number of carbonyl (C=O) groups is 1. The van der Waals surface area contributed by atoms with Gasteiger partial charge in [-0.1, -0.05) is 13.8 Å². The van der Waals surface area contributed by atoms with E-state index in [0.717, 1.165) is 11.4 Å². The van der Waals surface area contributed by atoms with Gasteiger partial charge in [0.25, 0.3) is 0 Å². The van der Waals surface area contributed by atoms with Gasteiger partial charge in [-0.05, 0) is 26.0 Å². The average Bonchev–Trinajstić information content (AvgIpc) is 2.48. The summed E-state index contributed by atoms with van der Waals surface area (Å²) in [5.41, 5.74) is 1.77. The van der Waals surface area contributed by atoms with Crippen molar-refractivity contribution in [3.05, 3.63) is 24.0 Å². The number of carbonyl (C=O) groups excluding carboxylic acids is 1. The first-order valence-electron chi connectivity index (χ1n) is 7.23. The molecule has 0 saturated heterocycles. The second-order valence-electron chi connectivity index (χ2n) is 4.02. The zero-order valence-corrected chi connectivity index (χ0v) is 13.0. The lowest BCUT2D eigenvalue weighted by Crippen LogP contribution is -2.33. The smallest absolute Gasteiger partial charge is 0.228 e. The molecule has 1 heterocycles. The summed E-state index contributed by atoms with van der Waals surface area (Å²) in [5, 5.41) is 11.6. The van der Waals surface area contributed by atoms with Gasteiger partial charge in [-0.15, -0.1) is 0 Å². The van der Waals surface area contributed by atoms with Crippen LogP contribution < -0.4 is 10.2 Å². The van der Waals surface area contributed by atoms with E-state index in [0.29, 0.717) is 26.1 Å². The van der Waals surface area contributed by atoms with Crippen LogP contribution in [-0.2, 0) is 4.79 Å². The van der Waals surface area contributed by atoms with Crippen molar-refractivity contribution in [2.24, 2.45) is 0 Å². The van der Waals surface area contributed by atoms with E-state index in [4.69, 9.17) is 5.11 Å². The Hall–Kier alpha value is -1.46. The molecular formula is C15H27N3O2. The zero-order valence-electron chi connectivity index (χ0n) is 13.0. The Bertz CT molecular complexity index is 366. The van der Waals surface area contributed by atoms with Crippen molar-refractivity contribution >= 4 is 11.6 Å². The number of aryl methyl sites for hydroxylation is 1. The minimum absolute atomic E-state index is 0.0635. The quantitative estimate of drug-likeness (QED) is 0.747. The van der Waals surface area contributed by atoms with Crippen molar-refractivity contribution in [3.63, 3.8) is 0 Å². The van der Waals surface area contributed by atoms with E-state index in [1.54, 1.807) is 11.1 Å². The van der Waals surface area contributed by atoms with Crippen LogP contribution in [0.5, 0.6) is 0 Å². The number of aromatic nitrogens is 1. The molecule has 0 aliphatic heterocycles. The minimum Gasteiger partial charge on any atom is -0.395 e. The summed E-state index contributed by atoms with van der Waals surface area (Å²) in [6, 6.07) is 3.81. The Morgan fingerprint density at radius 2 is 2.05 bits per heavy atom. The third-order valence-electron chi connectivity index (χ3n) is 2.63. The number of rotatable bonds is 7. The Kier molecular flexibility index (Phi) is 10.5. The summed E-state index contributed by atoms with van der Waals surface area (Å²) in [7, 11) is 0. The van der Waals surface area contributed by atoms with Gasteiger partial charge in [0.1, 0.15) is 0 Å². The summed E-state index contributed by atoms with van der Waals surface area (Å²) in [6.07, 6.45) is 2.14. The normalized spacial score (nSPS) is 9.65. The van der Waals surface area contributed by atoms with Gasteiger partial charge >= 0.3 is 0 Å². The first kappa shape index (κ1) is 18.5. The molecular weight excluding hydrogens is 254 g/mol. The average molecular weight is 281 g/mol. The number of hydrogen-bond acceptors (Lipinski definition) is 4. The van der Waals surface area contributed by atoms with Crippen LogP contribution in [0.15, 0.2) is 18.3 Å². The van der Waals surface area contributed by atoms with Crippen LogP contribution >= 0.6 is 0 Å². The number of nitrogens with zero attached hydrogens (tertiary/aromatic N) is 2. The Morgan fingerprint density at radius 3 is 2.55 bits per heavy atom. The molecule has 0 aliphatic carbocycles. The molecule has 1 aromatic rings. The molecule has 5 nitrogen and oxygen atoms in total. The number of amides is 1. The highest BCUT2D eigenvalue weighted by Gasteiger charge is 2.13. The lowest BCUT2D eigenvalue weighted by atomic mass is 10.3. The van der Waals surface area contributed by atoms with Gasteiger partial charge in [-0.25, -0.2) is 0 Å². The first-order chi connectivity index (χ1) is 9.69. The molecule has 1 rings (SSSR count). The number of hydrogen-bond donors (Lipinski definition) is 2. The molecule has 114 valence electrons. The van der Waals surface area contributed by atoms with Crippen LogP contribution in [0.4, 0.5) is 5.69 Å². The van der Waals surface area contributed by atoms with E-state index in [9.17, 15) is 4.79 Å². The third kappa shape index (κ3) is 6.63. The summed E-state index contributed by atoms with van der Waals surface area (Å²) < 4.78 is 0. The Balaban J connectivity index is 0.00000172. The van der Waals surface area contributed by atoms with Gasteiger partial charge in [0.05, 0.1) is 18.5 Å². The van der Waals surface area contributed by atoms with Gasteiger partial charge in [-0.2, -0.15) is 0 Å². The molecule has 0 radical (unpaired) electrons. The summed E-state index contributed by atoms with van der Waals surface area (Å²) >= 11 is 0. The molecule has 2 N–H and O–H groups in total. The second kappa shape index (κ2) is 11.4. The standard InChI is InChI=1S/C13H21N3O2.C2H6/c1-3-16(12-5-4-11(2)15-10-12)13(18)6-7-14-8-9-17;1-2/h4-5,10,14,17H,3,6-9H2,1-2H3;1-2H3. The predicted molar refractivity (Wildman–Crippen MR) is 82.9 cm³/mol. The molecule has 0 bridgehead atoms. The van der Waals surface area contributed by atoms with Gasteiger partial charge in [0, 0.05) is 31.7 Å². The van der Waals surface area contributed by atoms with Crippen molar-refractivity contribution < 1.29 is 9.90 Å². The van der Waals surface area contributed by atoms with Gasteiger partial charge in [0.2, 0.25) is 5.91 Å². The van der Waals surface area contributed by atoms with E-state index >= 15 is 0 Å². The van der Waals surface area contributed by atoms with Crippen LogP contribution in [0, 0.1) is 6.92 Å². The summed E-state index contributed by atoms with van der Waals surface area (Å²) in [6.45, 7) is 9.68.